The van der Waals surface area contributed by atoms with Crippen LogP contribution in [0, 0.1) is 12.7 Å². The molecule has 1 amide bonds. The molecule has 3 rings (SSSR count). The van der Waals surface area contributed by atoms with Crippen molar-refractivity contribution in [3.8, 4) is 0 Å². The standard InChI is InChI=1S/C23H24FN3O/c1-15(2)20-9-6-7-16(3)22(20)27-19-11-18(12-25-14-19)23(28)26-13-17-8-4-5-10-21(17)24/h4-12,14-15,27H,13H2,1-3H3,(H,26,28). The van der Waals surface area contributed by atoms with Gasteiger partial charge in [-0.3, -0.25) is 9.78 Å². The number of aromatic nitrogens is 1. The third-order valence-corrected chi connectivity index (χ3v) is 4.59. The molecule has 0 saturated carbocycles. The Morgan fingerprint density at radius 3 is 2.64 bits per heavy atom. The van der Waals surface area contributed by atoms with Gasteiger partial charge in [0, 0.05) is 24.0 Å². The van der Waals surface area contributed by atoms with Gasteiger partial charge in [-0.2, -0.15) is 0 Å². The SMILES string of the molecule is Cc1cccc(C(C)C)c1Nc1cncc(C(=O)NCc2ccccc2F)c1. The Bertz CT molecular complexity index is 985. The van der Waals surface area contributed by atoms with E-state index in [1.54, 1.807) is 30.5 Å². The van der Waals surface area contributed by atoms with Crippen LogP contribution in [0.15, 0.2) is 60.9 Å². The number of amides is 1. The second-order valence-electron chi connectivity index (χ2n) is 7.06. The molecule has 5 heteroatoms. The summed E-state index contributed by atoms with van der Waals surface area (Å²) in [6.45, 7) is 6.46. The van der Waals surface area contributed by atoms with Crippen molar-refractivity contribution < 1.29 is 9.18 Å². The molecule has 0 aliphatic carbocycles. The third kappa shape index (κ3) is 4.55. The summed E-state index contributed by atoms with van der Waals surface area (Å²) in [5.74, 6) is -0.270. The van der Waals surface area contributed by atoms with Crippen molar-refractivity contribution in [1.82, 2.24) is 10.3 Å². The number of hydrogen-bond acceptors (Lipinski definition) is 3. The zero-order valence-corrected chi connectivity index (χ0v) is 16.3. The van der Waals surface area contributed by atoms with Crippen molar-refractivity contribution >= 4 is 17.3 Å². The predicted octanol–water partition coefficient (Wildman–Crippen LogP) is 5.33. The molecule has 0 radical (unpaired) electrons. The number of halogens is 1. The second kappa shape index (κ2) is 8.65. The number of benzene rings is 2. The highest BCUT2D eigenvalue weighted by atomic mass is 19.1. The average Bonchev–Trinajstić information content (AvgIpc) is 2.68. The van der Waals surface area contributed by atoms with Crippen LogP contribution in [0.3, 0.4) is 0 Å². The van der Waals surface area contributed by atoms with Crippen LogP contribution in [0.1, 0.15) is 46.8 Å². The van der Waals surface area contributed by atoms with E-state index in [0.717, 1.165) is 16.9 Å². The second-order valence-corrected chi connectivity index (χ2v) is 7.06. The van der Waals surface area contributed by atoms with E-state index in [1.165, 1.54) is 17.8 Å². The van der Waals surface area contributed by atoms with Gasteiger partial charge in [-0.05, 0) is 36.1 Å². The number of para-hydroxylation sites is 1. The molecule has 0 aliphatic heterocycles. The van der Waals surface area contributed by atoms with Crippen LogP contribution < -0.4 is 10.6 Å². The molecular formula is C23H24FN3O. The van der Waals surface area contributed by atoms with E-state index >= 15 is 0 Å². The lowest BCUT2D eigenvalue weighted by molar-refractivity contribution is 0.0950. The zero-order valence-electron chi connectivity index (χ0n) is 16.3. The van der Waals surface area contributed by atoms with Gasteiger partial charge in [0.25, 0.3) is 5.91 Å². The summed E-state index contributed by atoms with van der Waals surface area (Å²) in [6, 6.07) is 14.3. The normalized spacial score (nSPS) is 10.8. The first-order valence-electron chi connectivity index (χ1n) is 9.29. The highest BCUT2D eigenvalue weighted by Gasteiger charge is 2.12. The van der Waals surface area contributed by atoms with Gasteiger partial charge in [-0.1, -0.05) is 50.2 Å². The van der Waals surface area contributed by atoms with E-state index in [-0.39, 0.29) is 18.3 Å². The van der Waals surface area contributed by atoms with Crippen LogP contribution in [0.25, 0.3) is 0 Å². The van der Waals surface area contributed by atoms with Gasteiger partial charge < -0.3 is 10.6 Å². The first-order valence-corrected chi connectivity index (χ1v) is 9.29. The number of anilines is 2. The lowest BCUT2D eigenvalue weighted by atomic mass is 9.98. The van der Waals surface area contributed by atoms with Gasteiger partial charge in [0.15, 0.2) is 0 Å². The maximum atomic E-state index is 13.7. The third-order valence-electron chi connectivity index (χ3n) is 4.59. The number of nitrogens with zero attached hydrogens (tertiary/aromatic N) is 1. The van der Waals surface area contributed by atoms with Crippen LogP contribution in [0.4, 0.5) is 15.8 Å². The van der Waals surface area contributed by atoms with E-state index < -0.39 is 0 Å². The fourth-order valence-electron chi connectivity index (χ4n) is 3.04. The van der Waals surface area contributed by atoms with Crippen LogP contribution in [0.2, 0.25) is 0 Å². The first kappa shape index (κ1) is 19.5. The summed E-state index contributed by atoms with van der Waals surface area (Å²) in [6.07, 6.45) is 3.19. The Balaban J connectivity index is 1.76. The molecule has 1 aromatic heterocycles. The summed E-state index contributed by atoms with van der Waals surface area (Å²) >= 11 is 0. The van der Waals surface area contributed by atoms with Crippen molar-refractivity contribution in [2.45, 2.75) is 33.2 Å². The fraction of sp³-hybridized carbons (Fsp3) is 0.217. The van der Waals surface area contributed by atoms with E-state index in [1.807, 2.05) is 19.1 Å². The lowest BCUT2D eigenvalue weighted by Crippen LogP contribution is -2.23. The number of aryl methyl sites for hydroxylation is 1. The van der Waals surface area contributed by atoms with E-state index in [4.69, 9.17) is 0 Å². The Morgan fingerprint density at radius 1 is 1.11 bits per heavy atom. The molecule has 0 fully saturated rings. The molecule has 0 unspecified atom stereocenters. The predicted molar refractivity (Wildman–Crippen MR) is 110 cm³/mol. The number of nitrogens with one attached hydrogen (secondary N) is 2. The van der Waals surface area contributed by atoms with Crippen LogP contribution in [0.5, 0.6) is 0 Å². The van der Waals surface area contributed by atoms with Gasteiger partial charge in [0.1, 0.15) is 5.82 Å². The molecule has 3 aromatic rings. The maximum absolute atomic E-state index is 13.7. The molecule has 0 aliphatic rings. The summed E-state index contributed by atoms with van der Waals surface area (Å²) in [7, 11) is 0. The van der Waals surface area contributed by atoms with Gasteiger partial charge in [-0.25, -0.2) is 4.39 Å². The van der Waals surface area contributed by atoms with Gasteiger partial charge in [-0.15, -0.1) is 0 Å². The zero-order chi connectivity index (χ0) is 20.1. The number of hydrogen-bond donors (Lipinski definition) is 2. The maximum Gasteiger partial charge on any atom is 0.253 e. The van der Waals surface area contributed by atoms with Gasteiger partial charge in [0.05, 0.1) is 17.4 Å². The Labute approximate surface area is 164 Å². The van der Waals surface area contributed by atoms with E-state index in [2.05, 4.69) is 35.5 Å². The summed E-state index contributed by atoms with van der Waals surface area (Å²) in [5.41, 5.74) is 4.95. The Kier molecular flexibility index (Phi) is 6.04. The highest BCUT2D eigenvalue weighted by Crippen LogP contribution is 2.30. The van der Waals surface area contributed by atoms with Crippen LogP contribution in [-0.4, -0.2) is 10.9 Å². The Morgan fingerprint density at radius 2 is 1.89 bits per heavy atom. The largest absolute Gasteiger partial charge is 0.354 e. The smallest absolute Gasteiger partial charge is 0.253 e. The monoisotopic (exact) mass is 377 g/mol. The molecule has 0 spiro atoms. The molecule has 28 heavy (non-hydrogen) atoms. The van der Waals surface area contributed by atoms with Gasteiger partial charge in [0.2, 0.25) is 0 Å². The molecule has 0 bridgehead atoms. The van der Waals surface area contributed by atoms with E-state index in [9.17, 15) is 9.18 Å². The van der Waals surface area contributed by atoms with Crippen LogP contribution >= 0.6 is 0 Å². The fourth-order valence-corrected chi connectivity index (χ4v) is 3.04. The minimum Gasteiger partial charge on any atom is -0.354 e. The molecule has 0 saturated heterocycles. The van der Waals surface area contributed by atoms with Crippen molar-refractivity contribution in [3.63, 3.8) is 0 Å². The minimum atomic E-state index is -0.336. The summed E-state index contributed by atoms with van der Waals surface area (Å²) < 4.78 is 13.7. The van der Waals surface area contributed by atoms with Crippen molar-refractivity contribution in [2.75, 3.05) is 5.32 Å². The highest BCUT2D eigenvalue weighted by molar-refractivity contribution is 5.94. The van der Waals surface area contributed by atoms with Crippen molar-refractivity contribution in [3.05, 3.63) is 89.0 Å². The van der Waals surface area contributed by atoms with Crippen molar-refractivity contribution in [1.29, 1.82) is 0 Å². The number of rotatable bonds is 6. The molecule has 0 atom stereocenters. The number of pyridine rings is 1. The topological polar surface area (TPSA) is 54.0 Å². The molecule has 4 nitrogen and oxygen atoms in total. The summed E-state index contributed by atoms with van der Waals surface area (Å²) in [5, 5.41) is 6.14. The molecule has 2 N–H and O–H groups in total. The van der Waals surface area contributed by atoms with Gasteiger partial charge >= 0.3 is 0 Å². The molecule has 2 aromatic carbocycles. The minimum absolute atomic E-state index is 0.123. The number of carbonyl (C=O) groups is 1. The quantitative estimate of drug-likeness (QED) is 0.611. The van der Waals surface area contributed by atoms with Crippen LogP contribution in [-0.2, 0) is 6.54 Å². The molecular weight excluding hydrogens is 353 g/mol. The lowest BCUT2D eigenvalue weighted by Gasteiger charge is -2.17. The number of carbonyl (C=O) groups excluding carboxylic acids is 1. The van der Waals surface area contributed by atoms with Crippen molar-refractivity contribution in [2.24, 2.45) is 0 Å². The Hall–Kier alpha value is -3.21. The first-order chi connectivity index (χ1) is 13.5. The summed E-state index contributed by atoms with van der Waals surface area (Å²) in [4.78, 5) is 16.7. The average molecular weight is 377 g/mol. The molecule has 144 valence electrons. The van der Waals surface area contributed by atoms with E-state index in [0.29, 0.717) is 17.0 Å². The molecule has 1 heterocycles.